The summed E-state index contributed by atoms with van der Waals surface area (Å²) in [6.07, 6.45) is 6.95. The molecule has 27 heavy (non-hydrogen) atoms. The molecule has 0 atom stereocenters. The van der Waals surface area contributed by atoms with Crippen LogP contribution in [0.15, 0.2) is 35.9 Å². The maximum atomic E-state index is 12.5. The number of hydrogen-bond acceptors (Lipinski definition) is 5. The van der Waals surface area contributed by atoms with E-state index < -0.39 is 30.2 Å². The monoisotopic (exact) mass is 370 g/mol. The first-order valence-corrected chi connectivity index (χ1v) is 9.03. The van der Waals surface area contributed by atoms with Gasteiger partial charge in [0, 0.05) is 12.1 Å². The zero-order chi connectivity index (χ0) is 19.4. The second kappa shape index (κ2) is 8.16. The number of amides is 4. The quantitative estimate of drug-likeness (QED) is 0.319. The van der Waals surface area contributed by atoms with Crippen molar-refractivity contribution < 1.29 is 23.9 Å². The SMILES string of the molecule is COc1ccc(C(=O)CN2C(=O)C(=O)N(CCC3=CCCCC3)C2=O)cc1. The number of carbonyl (C=O) groups is 4. The van der Waals surface area contributed by atoms with Gasteiger partial charge in [-0.3, -0.25) is 19.3 Å². The highest BCUT2D eigenvalue weighted by molar-refractivity contribution is 6.45. The fraction of sp³-hybridized carbons (Fsp3) is 0.400. The molecule has 1 saturated heterocycles. The molecule has 1 heterocycles. The molecular weight excluding hydrogens is 348 g/mol. The molecule has 1 aliphatic heterocycles. The first-order chi connectivity index (χ1) is 13.0. The molecule has 7 nitrogen and oxygen atoms in total. The smallest absolute Gasteiger partial charge is 0.334 e. The molecule has 0 spiro atoms. The number of urea groups is 1. The van der Waals surface area contributed by atoms with E-state index in [4.69, 9.17) is 4.74 Å². The van der Waals surface area contributed by atoms with Gasteiger partial charge in [0.15, 0.2) is 5.78 Å². The van der Waals surface area contributed by atoms with E-state index >= 15 is 0 Å². The Labute approximate surface area is 157 Å². The van der Waals surface area contributed by atoms with E-state index in [2.05, 4.69) is 6.08 Å². The van der Waals surface area contributed by atoms with E-state index in [9.17, 15) is 19.2 Å². The van der Waals surface area contributed by atoms with Crippen LogP contribution in [0.1, 0.15) is 42.5 Å². The topological polar surface area (TPSA) is 84.0 Å². The minimum absolute atomic E-state index is 0.169. The summed E-state index contributed by atoms with van der Waals surface area (Å²) in [6, 6.07) is 5.64. The van der Waals surface area contributed by atoms with Crippen LogP contribution in [-0.4, -0.2) is 53.6 Å². The molecule has 7 heteroatoms. The molecule has 0 aromatic heterocycles. The highest BCUT2D eigenvalue weighted by atomic mass is 16.5. The van der Waals surface area contributed by atoms with Gasteiger partial charge in [-0.05, 0) is 56.4 Å². The molecule has 3 rings (SSSR count). The fourth-order valence-corrected chi connectivity index (χ4v) is 3.29. The Morgan fingerprint density at radius 3 is 2.37 bits per heavy atom. The maximum absolute atomic E-state index is 12.5. The number of Topliss-reactive ketones (excluding diaryl/α,β-unsaturated/α-hetero) is 1. The van der Waals surface area contributed by atoms with Crippen LogP contribution in [0.4, 0.5) is 4.79 Å². The van der Waals surface area contributed by atoms with Gasteiger partial charge >= 0.3 is 17.8 Å². The number of nitrogens with zero attached hydrogens (tertiary/aromatic N) is 2. The minimum Gasteiger partial charge on any atom is -0.497 e. The van der Waals surface area contributed by atoms with E-state index in [1.165, 1.54) is 12.7 Å². The molecule has 1 aromatic carbocycles. The number of benzene rings is 1. The molecule has 0 radical (unpaired) electrons. The van der Waals surface area contributed by atoms with Gasteiger partial charge < -0.3 is 4.74 Å². The van der Waals surface area contributed by atoms with E-state index in [1.54, 1.807) is 24.3 Å². The number of carbonyl (C=O) groups excluding carboxylic acids is 4. The van der Waals surface area contributed by atoms with Crippen LogP contribution < -0.4 is 4.74 Å². The van der Waals surface area contributed by atoms with Gasteiger partial charge in [0.1, 0.15) is 5.75 Å². The Balaban J connectivity index is 1.64. The zero-order valence-electron chi connectivity index (χ0n) is 15.3. The summed E-state index contributed by atoms with van der Waals surface area (Å²) in [5, 5.41) is 0. The van der Waals surface area contributed by atoms with Gasteiger partial charge in [0.05, 0.1) is 13.7 Å². The molecule has 1 aliphatic carbocycles. The number of ether oxygens (including phenoxy) is 1. The van der Waals surface area contributed by atoms with Crippen LogP contribution in [0.25, 0.3) is 0 Å². The third-order valence-electron chi connectivity index (χ3n) is 4.89. The summed E-state index contributed by atoms with van der Waals surface area (Å²) in [5.41, 5.74) is 1.55. The summed E-state index contributed by atoms with van der Waals surface area (Å²) >= 11 is 0. The first kappa shape index (κ1) is 18.8. The molecule has 142 valence electrons. The predicted octanol–water partition coefficient (Wildman–Crippen LogP) is 2.56. The molecule has 1 fully saturated rings. The highest BCUT2D eigenvalue weighted by Crippen LogP contribution is 2.22. The third kappa shape index (κ3) is 4.07. The van der Waals surface area contributed by atoms with Crippen molar-refractivity contribution in [2.75, 3.05) is 20.2 Å². The number of hydrogen-bond donors (Lipinski definition) is 0. The van der Waals surface area contributed by atoms with E-state index in [-0.39, 0.29) is 6.54 Å². The second-order valence-electron chi connectivity index (χ2n) is 6.64. The number of rotatable bonds is 7. The zero-order valence-corrected chi connectivity index (χ0v) is 15.3. The third-order valence-corrected chi connectivity index (χ3v) is 4.89. The van der Waals surface area contributed by atoms with Gasteiger partial charge in [0.25, 0.3) is 0 Å². The van der Waals surface area contributed by atoms with Crippen molar-refractivity contribution in [3.8, 4) is 5.75 Å². The lowest BCUT2D eigenvalue weighted by Crippen LogP contribution is -2.37. The fourth-order valence-electron chi connectivity index (χ4n) is 3.29. The Morgan fingerprint density at radius 1 is 1.04 bits per heavy atom. The van der Waals surface area contributed by atoms with Gasteiger partial charge in [0.2, 0.25) is 0 Å². The van der Waals surface area contributed by atoms with E-state index in [0.29, 0.717) is 17.7 Å². The van der Waals surface area contributed by atoms with Crippen LogP contribution >= 0.6 is 0 Å². The summed E-state index contributed by atoms with van der Waals surface area (Å²) in [5.74, 6) is -1.62. The number of methoxy groups -OCH3 is 1. The lowest BCUT2D eigenvalue weighted by Gasteiger charge is -2.17. The number of allylic oxidation sites excluding steroid dienone is 1. The predicted molar refractivity (Wildman–Crippen MR) is 97.3 cm³/mol. The molecular formula is C20H22N2O5. The molecule has 0 N–H and O–H groups in total. The van der Waals surface area contributed by atoms with Crippen molar-refractivity contribution in [1.82, 2.24) is 9.80 Å². The van der Waals surface area contributed by atoms with Crippen molar-refractivity contribution in [3.63, 3.8) is 0 Å². The average Bonchev–Trinajstić information content (AvgIpc) is 2.90. The number of ketones is 1. The standard InChI is InChI=1S/C20H22N2O5/c1-27-16-9-7-15(8-10-16)17(23)13-22-19(25)18(24)21(20(22)26)12-11-14-5-3-2-4-6-14/h5,7-10H,2-4,6,11-13H2,1H3. The van der Waals surface area contributed by atoms with Crippen LogP contribution in [0.2, 0.25) is 0 Å². The summed E-state index contributed by atoms with van der Waals surface area (Å²) in [7, 11) is 1.52. The Hall–Kier alpha value is -2.96. The van der Waals surface area contributed by atoms with E-state index in [0.717, 1.165) is 35.5 Å². The summed E-state index contributed by atoms with van der Waals surface area (Å²) < 4.78 is 5.04. The van der Waals surface area contributed by atoms with Crippen molar-refractivity contribution in [2.45, 2.75) is 32.1 Å². The molecule has 0 bridgehead atoms. The van der Waals surface area contributed by atoms with Crippen molar-refractivity contribution in [3.05, 3.63) is 41.5 Å². The number of imide groups is 2. The second-order valence-corrected chi connectivity index (χ2v) is 6.64. The average molecular weight is 370 g/mol. The molecule has 0 unspecified atom stereocenters. The van der Waals surface area contributed by atoms with Crippen molar-refractivity contribution in [1.29, 1.82) is 0 Å². The van der Waals surface area contributed by atoms with Gasteiger partial charge in [-0.1, -0.05) is 11.6 Å². The van der Waals surface area contributed by atoms with Crippen LogP contribution in [0, 0.1) is 0 Å². The van der Waals surface area contributed by atoms with Crippen molar-refractivity contribution in [2.24, 2.45) is 0 Å². The molecule has 4 amide bonds. The Bertz CT molecular complexity index is 797. The van der Waals surface area contributed by atoms with Crippen molar-refractivity contribution >= 4 is 23.6 Å². The summed E-state index contributed by atoms with van der Waals surface area (Å²) in [4.78, 5) is 50.9. The Morgan fingerprint density at radius 2 is 1.74 bits per heavy atom. The molecule has 2 aliphatic rings. The van der Waals surface area contributed by atoms with E-state index in [1.807, 2.05) is 0 Å². The maximum Gasteiger partial charge on any atom is 0.334 e. The Kier molecular flexibility index (Phi) is 5.69. The molecule has 0 saturated carbocycles. The minimum atomic E-state index is -0.945. The van der Waals surface area contributed by atoms with Gasteiger partial charge in [-0.25, -0.2) is 9.69 Å². The molecule has 1 aromatic rings. The normalized spacial score (nSPS) is 17.4. The lowest BCUT2D eigenvalue weighted by molar-refractivity contribution is -0.143. The lowest BCUT2D eigenvalue weighted by atomic mass is 9.97. The van der Waals surface area contributed by atoms with Gasteiger partial charge in [-0.15, -0.1) is 0 Å². The van der Waals surface area contributed by atoms with Crippen LogP contribution in [-0.2, 0) is 9.59 Å². The van der Waals surface area contributed by atoms with Gasteiger partial charge in [-0.2, -0.15) is 0 Å². The highest BCUT2D eigenvalue weighted by Gasteiger charge is 2.44. The van der Waals surface area contributed by atoms with Crippen LogP contribution in [0.5, 0.6) is 5.75 Å². The largest absolute Gasteiger partial charge is 0.497 e. The van der Waals surface area contributed by atoms with Crippen LogP contribution in [0.3, 0.4) is 0 Å². The first-order valence-electron chi connectivity index (χ1n) is 9.03. The summed E-state index contributed by atoms with van der Waals surface area (Å²) in [6.45, 7) is -0.280.